The van der Waals surface area contributed by atoms with Crippen LogP contribution in [-0.2, 0) is 23.4 Å². The van der Waals surface area contributed by atoms with E-state index in [0.717, 1.165) is 34.4 Å². The average molecular weight is 381 g/mol. The number of nitrogens with zero attached hydrogens (tertiary/aromatic N) is 2. The first-order chi connectivity index (χ1) is 12.7. The number of aromatic nitrogens is 1. The van der Waals surface area contributed by atoms with E-state index in [1.165, 1.54) is 16.7 Å². The van der Waals surface area contributed by atoms with Crippen LogP contribution in [-0.4, -0.2) is 17.4 Å². The lowest BCUT2D eigenvalue weighted by molar-refractivity contribution is -0.117. The van der Waals surface area contributed by atoms with Crippen molar-refractivity contribution in [3.63, 3.8) is 0 Å². The van der Waals surface area contributed by atoms with E-state index in [2.05, 4.69) is 42.2 Å². The number of amides is 1. The van der Waals surface area contributed by atoms with E-state index in [-0.39, 0.29) is 5.91 Å². The molecule has 1 amide bonds. The Hall–Kier alpha value is -2.11. The summed E-state index contributed by atoms with van der Waals surface area (Å²) in [6.45, 7) is 2.87. The molecule has 0 radical (unpaired) electrons. The third-order valence-electron chi connectivity index (χ3n) is 4.53. The second-order valence-electron chi connectivity index (χ2n) is 6.48. The number of benzene rings is 2. The molecule has 0 unspecified atom stereocenters. The molecular formula is C21H20N2OS2. The molecule has 3 nitrogen and oxygen atoms in total. The van der Waals surface area contributed by atoms with Crippen LogP contribution in [0.5, 0.6) is 0 Å². The van der Waals surface area contributed by atoms with Crippen molar-refractivity contribution in [1.29, 1.82) is 0 Å². The number of carbonyl (C=O) groups excluding carboxylic acids is 1. The van der Waals surface area contributed by atoms with Gasteiger partial charge in [0.25, 0.3) is 0 Å². The lowest BCUT2D eigenvalue weighted by atomic mass is 10.2. The van der Waals surface area contributed by atoms with Crippen molar-refractivity contribution in [1.82, 2.24) is 4.98 Å². The van der Waals surface area contributed by atoms with Crippen molar-refractivity contribution in [2.45, 2.75) is 29.9 Å². The number of hydrogen-bond donors (Lipinski definition) is 0. The van der Waals surface area contributed by atoms with Crippen LogP contribution in [0.4, 0.5) is 5.69 Å². The Labute approximate surface area is 162 Å². The van der Waals surface area contributed by atoms with Crippen LogP contribution in [0, 0.1) is 6.92 Å². The van der Waals surface area contributed by atoms with Gasteiger partial charge in [0.05, 0.1) is 12.1 Å². The topological polar surface area (TPSA) is 33.2 Å². The molecule has 0 N–H and O–H groups in total. The largest absolute Gasteiger partial charge is 0.311 e. The lowest BCUT2D eigenvalue weighted by Crippen LogP contribution is -2.30. The van der Waals surface area contributed by atoms with Gasteiger partial charge in [-0.25, -0.2) is 4.98 Å². The smallest absolute Gasteiger partial charge is 0.233 e. The van der Waals surface area contributed by atoms with Crippen LogP contribution in [0.2, 0.25) is 0 Å². The van der Waals surface area contributed by atoms with Gasteiger partial charge in [0.15, 0.2) is 0 Å². The van der Waals surface area contributed by atoms with E-state index in [4.69, 9.17) is 0 Å². The van der Waals surface area contributed by atoms with Crippen molar-refractivity contribution >= 4 is 34.7 Å². The SMILES string of the molecule is Cc1ccc(CSc2nc(CC(=O)N3CCc4ccccc43)cs2)cc1. The van der Waals surface area contributed by atoms with Crippen molar-refractivity contribution in [3.05, 3.63) is 76.3 Å². The molecule has 132 valence electrons. The highest BCUT2D eigenvalue weighted by atomic mass is 32.2. The highest BCUT2D eigenvalue weighted by Gasteiger charge is 2.24. The Bertz CT molecular complexity index is 918. The summed E-state index contributed by atoms with van der Waals surface area (Å²) in [5, 5.41) is 2.01. The van der Waals surface area contributed by atoms with E-state index < -0.39 is 0 Å². The van der Waals surface area contributed by atoms with Gasteiger partial charge in [-0.05, 0) is 30.5 Å². The Morgan fingerprint density at radius 3 is 2.85 bits per heavy atom. The summed E-state index contributed by atoms with van der Waals surface area (Å²) in [6, 6.07) is 16.7. The standard InChI is InChI=1S/C21H20N2OS2/c1-15-6-8-16(9-7-15)13-25-21-22-18(14-26-21)12-20(24)23-11-10-17-4-2-3-5-19(17)23/h2-9,14H,10-13H2,1H3. The summed E-state index contributed by atoms with van der Waals surface area (Å²) in [5.74, 6) is 1.04. The van der Waals surface area contributed by atoms with Crippen LogP contribution >= 0.6 is 23.1 Å². The molecule has 3 aromatic rings. The summed E-state index contributed by atoms with van der Waals surface area (Å²) in [4.78, 5) is 19.2. The van der Waals surface area contributed by atoms with E-state index in [1.807, 2.05) is 28.5 Å². The summed E-state index contributed by atoms with van der Waals surface area (Å²) in [7, 11) is 0. The molecule has 0 fully saturated rings. The Balaban J connectivity index is 1.36. The zero-order chi connectivity index (χ0) is 17.9. The van der Waals surface area contributed by atoms with Gasteiger partial charge in [-0.15, -0.1) is 11.3 Å². The number of hydrogen-bond acceptors (Lipinski definition) is 4. The van der Waals surface area contributed by atoms with Gasteiger partial charge in [-0.3, -0.25) is 4.79 Å². The fourth-order valence-corrected chi connectivity index (χ4v) is 4.91. The minimum Gasteiger partial charge on any atom is -0.311 e. The zero-order valence-corrected chi connectivity index (χ0v) is 16.3. The number of aryl methyl sites for hydroxylation is 1. The van der Waals surface area contributed by atoms with Crippen LogP contribution in [0.15, 0.2) is 58.3 Å². The molecule has 0 saturated carbocycles. The van der Waals surface area contributed by atoms with Crippen LogP contribution in [0.1, 0.15) is 22.4 Å². The molecule has 2 aromatic carbocycles. The number of rotatable bonds is 5. The van der Waals surface area contributed by atoms with Crippen LogP contribution < -0.4 is 4.90 Å². The maximum Gasteiger partial charge on any atom is 0.233 e. The van der Waals surface area contributed by atoms with Gasteiger partial charge in [0.1, 0.15) is 4.34 Å². The minimum atomic E-state index is 0.135. The molecule has 1 aromatic heterocycles. The molecule has 5 heteroatoms. The Kier molecular flexibility index (Phi) is 5.09. The van der Waals surface area contributed by atoms with Crippen molar-refractivity contribution in [3.8, 4) is 0 Å². The first-order valence-corrected chi connectivity index (χ1v) is 10.6. The van der Waals surface area contributed by atoms with Gasteiger partial charge in [-0.1, -0.05) is 59.8 Å². The number of fused-ring (bicyclic) bond motifs is 1. The highest BCUT2D eigenvalue weighted by Crippen LogP contribution is 2.29. The Morgan fingerprint density at radius 1 is 1.19 bits per heavy atom. The van der Waals surface area contributed by atoms with Gasteiger partial charge < -0.3 is 4.90 Å². The highest BCUT2D eigenvalue weighted by molar-refractivity contribution is 8.00. The average Bonchev–Trinajstić information content (AvgIpc) is 3.28. The quantitative estimate of drug-likeness (QED) is 0.592. The first kappa shape index (κ1) is 17.3. The minimum absolute atomic E-state index is 0.135. The van der Waals surface area contributed by atoms with E-state index in [9.17, 15) is 4.79 Å². The maximum absolute atomic E-state index is 12.7. The molecule has 0 spiro atoms. The summed E-state index contributed by atoms with van der Waals surface area (Å²) in [5.41, 5.74) is 5.75. The first-order valence-electron chi connectivity index (χ1n) is 8.70. The van der Waals surface area contributed by atoms with Gasteiger partial charge in [0, 0.05) is 23.4 Å². The molecule has 26 heavy (non-hydrogen) atoms. The van der Waals surface area contributed by atoms with Crippen molar-refractivity contribution < 1.29 is 4.79 Å². The number of thioether (sulfide) groups is 1. The predicted molar refractivity (Wildman–Crippen MR) is 109 cm³/mol. The summed E-state index contributed by atoms with van der Waals surface area (Å²) >= 11 is 3.35. The van der Waals surface area contributed by atoms with Crippen LogP contribution in [0.25, 0.3) is 0 Å². The number of carbonyl (C=O) groups is 1. The molecule has 0 saturated heterocycles. The molecular weight excluding hydrogens is 360 g/mol. The molecule has 0 aliphatic carbocycles. The third-order valence-corrected chi connectivity index (χ3v) is 6.68. The summed E-state index contributed by atoms with van der Waals surface area (Å²) in [6.07, 6.45) is 1.31. The fraction of sp³-hybridized carbons (Fsp3) is 0.238. The Morgan fingerprint density at radius 2 is 2.00 bits per heavy atom. The fourth-order valence-electron chi connectivity index (χ4n) is 3.11. The van der Waals surface area contributed by atoms with E-state index in [0.29, 0.717) is 6.42 Å². The number of anilines is 1. The number of thiazole rings is 1. The molecule has 1 aliphatic rings. The molecule has 0 bridgehead atoms. The van der Waals surface area contributed by atoms with Crippen molar-refractivity contribution in [2.24, 2.45) is 0 Å². The second kappa shape index (κ2) is 7.64. The van der Waals surface area contributed by atoms with Crippen LogP contribution in [0.3, 0.4) is 0 Å². The molecule has 0 atom stereocenters. The van der Waals surface area contributed by atoms with Gasteiger partial charge in [0.2, 0.25) is 5.91 Å². The van der Waals surface area contributed by atoms with E-state index >= 15 is 0 Å². The summed E-state index contributed by atoms with van der Waals surface area (Å²) < 4.78 is 1.02. The third kappa shape index (κ3) is 3.84. The van der Waals surface area contributed by atoms with Crippen molar-refractivity contribution in [2.75, 3.05) is 11.4 Å². The lowest BCUT2D eigenvalue weighted by Gasteiger charge is -2.16. The monoisotopic (exact) mass is 380 g/mol. The molecule has 2 heterocycles. The predicted octanol–water partition coefficient (Wildman–Crippen LogP) is 4.88. The van der Waals surface area contributed by atoms with Gasteiger partial charge >= 0.3 is 0 Å². The molecule has 1 aliphatic heterocycles. The maximum atomic E-state index is 12.7. The van der Waals surface area contributed by atoms with E-state index in [1.54, 1.807) is 23.1 Å². The zero-order valence-electron chi connectivity index (χ0n) is 14.6. The second-order valence-corrected chi connectivity index (χ2v) is 8.56. The number of para-hydroxylation sites is 1. The molecule has 4 rings (SSSR count). The normalized spacial score (nSPS) is 13.0. The van der Waals surface area contributed by atoms with Gasteiger partial charge in [-0.2, -0.15) is 0 Å².